The summed E-state index contributed by atoms with van der Waals surface area (Å²) in [5, 5.41) is 8.14. The summed E-state index contributed by atoms with van der Waals surface area (Å²) in [5.74, 6) is 0.575. The second-order valence-corrected chi connectivity index (χ2v) is 8.59. The minimum absolute atomic E-state index is 0.0781. The van der Waals surface area contributed by atoms with Crippen molar-refractivity contribution in [3.05, 3.63) is 66.2 Å². The number of ether oxygens (including phenoxy) is 1. The largest absolute Gasteiger partial charge is 0.497 e. The zero-order valence-corrected chi connectivity index (χ0v) is 18.7. The zero-order valence-electron chi connectivity index (χ0n) is 18.7. The van der Waals surface area contributed by atoms with E-state index in [9.17, 15) is 9.59 Å². The van der Waals surface area contributed by atoms with Crippen molar-refractivity contribution in [1.82, 2.24) is 0 Å². The van der Waals surface area contributed by atoms with Gasteiger partial charge in [-0.1, -0.05) is 49.6 Å². The maximum Gasteiger partial charge on any atom is 0.231 e. The van der Waals surface area contributed by atoms with Crippen LogP contribution >= 0.6 is 0 Å². The minimum atomic E-state index is -0.318. The van der Waals surface area contributed by atoms with Crippen molar-refractivity contribution in [2.45, 2.75) is 44.9 Å². The molecule has 0 unspecified atom stereocenters. The third-order valence-electron chi connectivity index (χ3n) is 6.34. The SMILES string of the molecule is COc1ccc2cc([C@H](C)C(=O)Nc3cccc(NC(=O)C4CCCCC4)c3)ccc2c1. The Balaban J connectivity index is 1.42. The number of carbonyl (C=O) groups excluding carboxylic acids is 2. The van der Waals surface area contributed by atoms with Gasteiger partial charge in [0.25, 0.3) is 0 Å². The fourth-order valence-electron chi connectivity index (χ4n) is 4.32. The molecule has 1 saturated carbocycles. The minimum Gasteiger partial charge on any atom is -0.497 e. The van der Waals surface area contributed by atoms with Crippen molar-refractivity contribution in [3.8, 4) is 5.75 Å². The lowest BCUT2D eigenvalue weighted by Crippen LogP contribution is -2.24. The Labute approximate surface area is 189 Å². The van der Waals surface area contributed by atoms with Crippen molar-refractivity contribution in [1.29, 1.82) is 0 Å². The number of anilines is 2. The smallest absolute Gasteiger partial charge is 0.231 e. The molecule has 1 aliphatic carbocycles. The van der Waals surface area contributed by atoms with Crippen LogP contribution in [0.5, 0.6) is 5.75 Å². The lowest BCUT2D eigenvalue weighted by atomic mass is 9.88. The average Bonchev–Trinajstić information content (AvgIpc) is 2.83. The van der Waals surface area contributed by atoms with E-state index in [1.807, 2.05) is 67.6 Å². The Morgan fingerprint density at radius 2 is 1.56 bits per heavy atom. The van der Waals surface area contributed by atoms with Crippen molar-refractivity contribution in [3.63, 3.8) is 0 Å². The Morgan fingerprint density at radius 3 is 2.31 bits per heavy atom. The molecule has 1 atom stereocenters. The third kappa shape index (κ3) is 5.10. The van der Waals surface area contributed by atoms with Crippen LogP contribution in [0.25, 0.3) is 10.8 Å². The van der Waals surface area contributed by atoms with Gasteiger partial charge in [-0.05, 0) is 66.4 Å². The molecular weight excluding hydrogens is 400 g/mol. The molecule has 2 amide bonds. The molecule has 166 valence electrons. The predicted octanol–water partition coefficient (Wildman–Crippen LogP) is 6.11. The van der Waals surface area contributed by atoms with Crippen LogP contribution in [0.4, 0.5) is 11.4 Å². The van der Waals surface area contributed by atoms with Crippen molar-refractivity contribution in [2.24, 2.45) is 5.92 Å². The molecule has 1 aliphatic rings. The summed E-state index contributed by atoms with van der Waals surface area (Å²) in [6, 6.07) is 19.3. The highest BCUT2D eigenvalue weighted by Gasteiger charge is 2.21. The molecule has 0 radical (unpaired) electrons. The molecule has 0 spiro atoms. The molecule has 0 bridgehead atoms. The highest BCUT2D eigenvalue weighted by molar-refractivity contribution is 5.98. The van der Waals surface area contributed by atoms with Gasteiger partial charge in [0.05, 0.1) is 13.0 Å². The van der Waals surface area contributed by atoms with Crippen LogP contribution < -0.4 is 15.4 Å². The molecule has 5 heteroatoms. The van der Waals surface area contributed by atoms with E-state index >= 15 is 0 Å². The summed E-state index contributed by atoms with van der Waals surface area (Å²) >= 11 is 0. The number of carbonyl (C=O) groups is 2. The number of hydrogen-bond acceptors (Lipinski definition) is 3. The van der Waals surface area contributed by atoms with E-state index in [1.54, 1.807) is 7.11 Å². The number of amides is 2. The predicted molar refractivity (Wildman–Crippen MR) is 129 cm³/mol. The quantitative estimate of drug-likeness (QED) is 0.496. The van der Waals surface area contributed by atoms with Gasteiger partial charge in [-0.2, -0.15) is 0 Å². The summed E-state index contributed by atoms with van der Waals surface area (Å²) < 4.78 is 5.28. The molecule has 0 aliphatic heterocycles. The monoisotopic (exact) mass is 430 g/mol. The Kier molecular flexibility index (Phi) is 6.74. The fourth-order valence-corrected chi connectivity index (χ4v) is 4.32. The summed E-state index contributed by atoms with van der Waals surface area (Å²) in [6.07, 6.45) is 5.37. The molecule has 32 heavy (non-hydrogen) atoms. The second-order valence-electron chi connectivity index (χ2n) is 8.59. The molecule has 3 aromatic carbocycles. The molecule has 5 nitrogen and oxygen atoms in total. The molecule has 4 rings (SSSR count). The average molecular weight is 431 g/mol. The Bertz CT molecular complexity index is 1120. The Morgan fingerprint density at radius 1 is 0.875 bits per heavy atom. The van der Waals surface area contributed by atoms with Crippen LogP contribution in [-0.4, -0.2) is 18.9 Å². The van der Waals surface area contributed by atoms with E-state index in [1.165, 1.54) is 6.42 Å². The van der Waals surface area contributed by atoms with Gasteiger partial charge >= 0.3 is 0 Å². The number of benzene rings is 3. The van der Waals surface area contributed by atoms with Crippen molar-refractivity contribution < 1.29 is 14.3 Å². The zero-order chi connectivity index (χ0) is 22.5. The van der Waals surface area contributed by atoms with Crippen LogP contribution in [0.2, 0.25) is 0 Å². The second kappa shape index (κ2) is 9.86. The number of hydrogen-bond donors (Lipinski definition) is 2. The highest BCUT2D eigenvalue weighted by atomic mass is 16.5. The standard InChI is InChI=1S/C27H30N2O3/c1-18(20-11-12-22-16-25(32-2)14-13-21(22)15-20)26(30)28-23-9-6-10-24(17-23)29-27(31)19-7-4-3-5-8-19/h6,9-19H,3-5,7-8H2,1-2H3,(H,28,30)(H,29,31)/t18-/m0/s1. The third-order valence-corrected chi connectivity index (χ3v) is 6.34. The van der Waals surface area contributed by atoms with Gasteiger partial charge in [-0.25, -0.2) is 0 Å². The Hall–Kier alpha value is -3.34. The number of methoxy groups -OCH3 is 1. The molecule has 3 aromatic rings. The molecule has 0 saturated heterocycles. The maximum absolute atomic E-state index is 12.9. The number of fused-ring (bicyclic) bond motifs is 1. The summed E-state index contributed by atoms with van der Waals surface area (Å²) in [6.45, 7) is 1.90. The van der Waals surface area contributed by atoms with Gasteiger partial charge in [0.2, 0.25) is 11.8 Å². The first-order chi connectivity index (χ1) is 15.5. The van der Waals surface area contributed by atoms with Crippen molar-refractivity contribution >= 4 is 34.0 Å². The molecule has 0 aromatic heterocycles. The van der Waals surface area contributed by atoms with Crippen LogP contribution in [0, 0.1) is 5.92 Å². The van der Waals surface area contributed by atoms with Gasteiger partial charge < -0.3 is 15.4 Å². The lowest BCUT2D eigenvalue weighted by Gasteiger charge is -2.21. The van der Waals surface area contributed by atoms with E-state index < -0.39 is 0 Å². The molecular formula is C27H30N2O3. The first kappa shape index (κ1) is 21.9. The van der Waals surface area contributed by atoms with E-state index in [4.69, 9.17) is 4.74 Å². The number of nitrogens with one attached hydrogen (secondary N) is 2. The van der Waals surface area contributed by atoms with Gasteiger partial charge in [-0.3, -0.25) is 9.59 Å². The summed E-state index contributed by atoms with van der Waals surface area (Å²) in [4.78, 5) is 25.4. The van der Waals surface area contributed by atoms with Crippen LogP contribution in [0.3, 0.4) is 0 Å². The van der Waals surface area contributed by atoms with Crippen LogP contribution in [0.15, 0.2) is 60.7 Å². The molecule has 1 fully saturated rings. The van der Waals surface area contributed by atoms with Gasteiger partial charge in [0, 0.05) is 17.3 Å². The topological polar surface area (TPSA) is 67.4 Å². The molecule has 2 N–H and O–H groups in total. The molecule has 0 heterocycles. The fraction of sp³-hybridized carbons (Fsp3) is 0.333. The maximum atomic E-state index is 12.9. The first-order valence-corrected chi connectivity index (χ1v) is 11.3. The van der Waals surface area contributed by atoms with Crippen molar-refractivity contribution in [2.75, 3.05) is 17.7 Å². The summed E-state index contributed by atoms with van der Waals surface area (Å²) in [7, 11) is 1.65. The summed E-state index contributed by atoms with van der Waals surface area (Å²) in [5.41, 5.74) is 2.33. The van der Waals surface area contributed by atoms with Gasteiger partial charge in [-0.15, -0.1) is 0 Å². The van der Waals surface area contributed by atoms with E-state index in [2.05, 4.69) is 10.6 Å². The van der Waals surface area contributed by atoms with Gasteiger partial charge in [0.15, 0.2) is 0 Å². The van der Waals surface area contributed by atoms with Crippen LogP contribution in [0.1, 0.15) is 50.5 Å². The lowest BCUT2D eigenvalue weighted by molar-refractivity contribution is -0.120. The van der Waals surface area contributed by atoms with E-state index in [0.717, 1.165) is 47.8 Å². The van der Waals surface area contributed by atoms with Crippen LogP contribution in [-0.2, 0) is 9.59 Å². The normalized spacial score (nSPS) is 15.2. The van der Waals surface area contributed by atoms with Gasteiger partial charge in [0.1, 0.15) is 5.75 Å². The highest BCUT2D eigenvalue weighted by Crippen LogP contribution is 2.27. The first-order valence-electron chi connectivity index (χ1n) is 11.3. The van der Waals surface area contributed by atoms with E-state index in [0.29, 0.717) is 11.4 Å². The number of rotatable bonds is 6. The van der Waals surface area contributed by atoms with E-state index in [-0.39, 0.29) is 23.7 Å².